The molecule has 2 aromatic carbocycles. The number of halogens is 1. The van der Waals surface area contributed by atoms with Crippen molar-refractivity contribution in [2.45, 2.75) is 26.3 Å². The minimum absolute atomic E-state index is 0.223. The summed E-state index contributed by atoms with van der Waals surface area (Å²) in [7, 11) is 0. The van der Waals surface area contributed by atoms with Crippen molar-refractivity contribution < 1.29 is 4.39 Å². The van der Waals surface area contributed by atoms with Gasteiger partial charge in [-0.15, -0.1) is 0 Å². The predicted octanol–water partition coefficient (Wildman–Crippen LogP) is 3.93. The van der Waals surface area contributed by atoms with Gasteiger partial charge in [0, 0.05) is 18.2 Å². The fraction of sp³-hybridized carbons (Fsp3) is 0.235. The van der Waals surface area contributed by atoms with Crippen molar-refractivity contribution >= 4 is 16.7 Å². The molecule has 3 rings (SSSR count). The first kappa shape index (κ1) is 13.6. The van der Waals surface area contributed by atoms with Crippen LogP contribution in [-0.2, 0) is 6.42 Å². The maximum Gasteiger partial charge on any atom is 0.151 e. The van der Waals surface area contributed by atoms with E-state index in [0.29, 0.717) is 11.9 Å². The number of nitrogens with two attached hydrogens (primary N) is 1. The summed E-state index contributed by atoms with van der Waals surface area (Å²) in [6, 6.07) is 13.0. The Morgan fingerprint density at radius 2 is 1.86 bits per heavy atom. The van der Waals surface area contributed by atoms with Crippen molar-refractivity contribution in [2.75, 3.05) is 5.73 Å². The molecule has 1 aromatic heterocycles. The van der Waals surface area contributed by atoms with Gasteiger partial charge in [0.25, 0.3) is 0 Å². The highest BCUT2D eigenvalue weighted by Gasteiger charge is 2.15. The summed E-state index contributed by atoms with van der Waals surface area (Å²) in [5.41, 5.74) is 8.84. The van der Waals surface area contributed by atoms with Crippen molar-refractivity contribution in [3.8, 4) is 0 Å². The molecule has 2 N–H and O–H groups in total. The van der Waals surface area contributed by atoms with Gasteiger partial charge < -0.3 is 10.3 Å². The quantitative estimate of drug-likeness (QED) is 0.740. The SMILES string of the molecule is CC(C)n1c(Cc2ccc(N)cc2)nc2c(F)cccc21. The zero-order valence-electron chi connectivity index (χ0n) is 12.2. The number of aromatic nitrogens is 2. The van der Waals surface area contributed by atoms with Crippen molar-refractivity contribution in [2.24, 2.45) is 0 Å². The van der Waals surface area contributed by atoms with E-state index in [0.717, 1.165) is 22.6 Å². The standard InChI is InChI=1S/C17H18FN3/c1-11(2)21-15-5-3-4-14(18)17(15)20-16(21)10-12-6-8-13(19)9-7-12/h3-9,11H,10,19H2,1-2H3. The first-order valence-corrected chi connectivity index (χ1v) is 7.06. The Bertz CT molecular complexity index is 773. The lowest BCUT2D eigenvalue weighted by Gasteiger charge is -2.13. The lowest BCUT2D eigenvalue weighted by Crippen LogP contribution is -2.07. The van der Waals surface area contributed by atoms with E-state index in [4.69, 9.17) is 5.73 Å². The fourth-order valence-electron chi connectivity index (χ4n) is 2.65. The van der Waals surface area contributed by atoms with Crippen LogP contribution in [-0.4, -0.2) is 9.55 Å². The maximum atomic E-state index is 13.9. The number of benzene rings is 2. The second-order valence-electron chi connectivity index (χ2n) is 5.52. The number of hydrogen-bond acceptors (Lipinski definition) is 2. The van der Waals surface area contributed by atoms with Crippen molar-refractivity contribution in [1.29, 1.82) is 0 Å². The average molecular weight is 283 g/mol. The van der Waals surface area contributed by atoms with E-state index in [1.165, 1.54) is 6.07 Å². The van der Waals surface area contributed by atoms with Gasteiger partial charge in [-0.2, -0.15) is 0 Å². The number of para-hydroxylation sites is 1. The molecule has 4 heteroatoms. The predicted molar refractivity (Wildman–Crippen MR) is 83.7 cm³/mol. The summed E-state index contributed by atoms with van der Waals surface area (Å²) in [5.74, 6) is 0.598. The molecular formula is C17H18FN3. The van der Waals surface area contributed by atoms with Crippen molar-refractivity contribution in [1.82, 2.24) is 9.55 Å². The molecule has 0 bridgehead atoms. The van der Waals surface area contributed by atoms with Crippen LogP contribution in [0.4, 0.5) is 10.1 Å². The second kappa shape index (κ2) is 5.20. The van der Waals surface area contributed by atoms with E-state index in [9.17, 15) is 4.39 Å². The number of anilines is 1. The van der Waals surface area contributed by atoms with E-state index in [-0.39, 0.29) is 11.9 Å². The van der Waals surface area contributed by atoms with Crippen LogP contribution in [0.3, 0.4) is 0 Å². The van der Waals surface area contributed by atoms with Crippen LogP contribution in [0, 0.1) is 5.82 Å². The molecule has 3 aromatic rings. The first-order valence-electron chi connectivity index (χ1n) is 7.06. The van der Waals surface area contributed by atoms with E-state index in [1.54, 1.807) is 6.07 Å². The Morgan fingerprint density at radius 1 is 1.14 bits per heavy atom. The molecular weight excluding hydrogens is 265 g/mol. The van der Waals surface area contributed by atoms with E-state index >= 15 is 0 Å². The normalized spacial score (nSPS) is 11.4. The Hall–Kier alpha value is -2.36. The molecule has 0 saturated heterocycles. The number of hydrogen-bond donors (Lipinski definition) is 1. The zero-order chi connectivity index (χ0) is 15.0. The van der Waals surface area contributed by atoms with E-state index in [2.05, 4.69) is 23.4 Å². The molecule has 3 nitrogen and oxygen atoms in total. The third-order valence-corrected chi connectivity index (χ3v) is 3.60. The topological polar surface area (TPSA) is 43.8 Å². The Kier molecular flexibility index (Phi) is 3.37. The molecule has 0 unspecified atom stereocenters. The summed E-state index contributed by atoms with van der Waals surface area (Å²) < 4.78 is 16.0. The highest BCUT2D eigenvalue weighted by atomic mass is 19.1. The minimum Gasteiger partial charge on any atom is -0.399 e. The van der Waals surface area contributed by atoms with Crippen LogP contribution < -0.4 is 5.73 Å². The van der Waals surface area contributed by atoms with Crippen molar-refractivity contribution in [3.05, 3.63) is 59.7 Å². The average Bonchev–Trinajstić information content (AvgIpc) is 2.81. The van der Waals surface area contributed by atoms with Gasteiger partial charge in [-0.3, -0.25) is 0 Å². The third kappa shape index (κ3) is 2.49. The van der Waals surface area contributed by atoms with Crippen molar-refractivity contribution in [3.63, 3.8) is 0 Å². The summed E-state index contributed by atoms with van der Waals surface area (Å²) in [6.07, 6.45) is 0.659. The summed E-state index contributed by atoms with van der Waals surface area (Å²) in [4.78, 5) is 4.51. The van der Waals surface area contributed by atoms with Crippen LogP contribution in [0.1, 0.15) is 31.3 Å². The van der Waals surface area contributed by atoms with Crippen LogP contribution in [0.25, 0.3) is 11.0 Å². The molecule has 0 radical (unpaired) electrons. The Labute approximate surface area is 123 Å². The summed E-state index contributed by atoms with van der Waals surface area (Å²) in [6.45, 7) is 4.16. The lowest BCUT2D eigenvalue weighted by atomic mass is 10.1. The fourth-order valence-corrected chi connectivity index (χ4v) is 2.65. The molecule has 0 aliphatic rings. The molecule has 0 aliphatic heterocycles. The highest BCUT2D eigenvalue weighted by molar-refractivity contribution is 5.77. The molecule has 0 saturated carbocycles. The molecule has 0 aliphatic carbocycles. The van der Waals surface area contributed by atoms with Crippen LogP contribution in [0.15, 0.2) is 42.5 Å². The number of nitrogens with zero attached hydrogens (tertiary/aromatic N) is 2. The number of rotatable bonds is 3. The van der Waals surface area contributed by atoms with Gasteiger partial charge in [0.1, 0.15) is 11.3 Å². The molecule has 108 valence electrons. The highest BCUT2D eigenvalue weighted by Crippen LogP contribution is 2.24. The van der Waals surface area contributed by atoms with Gasteiger partial charge in [-0.05, 0) is 43.7 Å². The molecule has 0 fully saturated rings. The second-order valence-corrected chi connectivity index (χ2v) is 5.52. The molecule has 21 heavy (non-hydrogen) atoms. The van der Waals surface area contributed by atoms with E-state index < -0.39 is 0 Å². The lowest BCUT2D eigenvalue weighted by molar-refractivity contribution is 0.591. The zero-order valence-corrected chi connectivity index (χ0v) is 12.2. The van der Waals surface area contributed by atoms with Crippen LogP contribution in [0.2, 0.25) is 0 Å². The monoisotopic (exact) mass is 283 g/mol. The Balaban J connectivity index is 2.11. The largest absolute Gasteiger partial charge is 0.399 e. The van der Waals surface area contributed by atoms with Gasteiger partial charge in [-0.25, -0.2) is 9.37 Å². The van der Waals surface area contributed by atoms with Gasteiger partial charge in [0.2, 0.25) is 0 Å². The molecule has 0 amide bonds. The Morgan fingerprint density at radius 3 is 2.52 bits per heavy atom. The number of fused-ring (bicyclic) bond motifs is 1. The van der Waals surface area contributed by atoms with Gasteiger partial charge in [0.15, 0.2) is 5.82 Å². The van der Waals surface area contributed by atoms with Gasteiger partial charge >= 0.3 is 0 Å². The smallest absolute Gasteiger partial charge is 0.151 e. The van der Waals surface area contributed by atoms with Gasteiger partial charge in [0.05, 0.1) is 5.52 Å². The number of nitrogen functional groups attached to an aromatic ring is 1. The minimum atomic E-state index is -0.273. The molecule has 1 heterocycles. The maximum absolute atomic E-state index is 13.9. The van der Waals surface area contributed by atoms with E-state index in [1.807, 2.05) is 30.3 Å². The molecule has 0 atom stereocenters. The number of imidazole rings is 1. The van der Waals surface area contributed by atoms with Gasteiger partial charge in [-0.1, -0.05) is 18.2 Å². The first-order chi connectivity index (χ1) is 10.1. The molecule has 0 spiro atoms. The summed E-state index contributed by atoms with van der Waals surface area (Å²) in [5, 5.41) is 0. The van der Waals surface area contributed by atoms with Crippen LogP contribution >= 0.6 is 0 Å². The summed E-state index contributed by atoms with van der Waals surface area (Å²) >= 11 is 0. The third-order valence-electron chi connectivity index (χ3n) is 3.60. The van der Waals surface area contributed by atoms with Crippen LogP contribution in [0.5, 0.6) is 0 Å².